The van der Waals surface area contributed by atoms with Crippen LogP contribution >= 0.6 is 18.0 Å². The van der Waals surface area contributed by atoms with Crippen LogP contribution < -0.4 is 0 Å². The zero-order valence-electron chi connectivity index (χ0n) is 5.46. The highest BCUT2D eigenvalue weighted by Gasteiger charge is 2.16. The third-order valence-corrected chi connectivity index (χ3v) is 2.40. The second-order valence-corrected chi connectivity index (χ2v) is 4.67. The summed E-state index contributed by atoms with van der Waals surface area (Å²) in [5.41, 5.74) is 0. The predicted octanol–water partition coefficient (Wildman–Crippen LogP) is 2.06. The Balaban J connectivity index is 3.58. The Morgan fingerprint density at radius 3 is 2.56 bits per heavy atom. The molecule has 56 valence electrons. The van der Waals surface area contributed by atoms with Gasteiger partial charge in [-0.3, -0.25) is 4.57 Å². The number of rotatable bonds is 4. The van der Waals surface area contributed by atoms with E-state index in [1.165, 1.54) is 7.11 Å². The highest BCUT2D eigenvalue weighted by Crippen LogP contribution is 2.51. The molecule has 0 aromatic heterocycles. The first-order valence-electron chi connectivity index (χ1n) is 2.54. The van der Waals surface area contributed by atoms with Gasteiger partial charge in [-0.1, -0.05) is 0 Å². The molecule has 1 unspecified atom stereocenters. The van der Waals surface area contributed by atoms with Crippen LogP contribution in [0.2, 0.25) is 0 Å². The molecule has 0 aromatic rings. The zero-order valence-corrected chi connectivity index (χ0v) is 7.11. The minimum Gasteiger partial charge on any atom is -0.373 e. The molecule has 0 aliphatic heterocycles. The van der Waals surface area contributed by atoms with E-state index in [2.05, 4.69) is 9.26 Å². The fourth-order valence-electron chi connectivity index (χ4n) is 0.384. The molecule has 0 heterocycles. The van der Waals surface area contributed by atoms with Crippen molar-refractivity contribution in [1.29, 1.82) is 0 Å². The lowest BCUT2D eigenvalue weighted by atomic mass is 10.9. The van der Waals surface area contributed by atoms with Crippen molar-refractivity contribution in [3.8, 4) is 0 Å². The molecule has 9 heavy (non-hydrogen) atoms. The summed E-state index contributed by atoms with van der Waals surface area (Å²) in [6.45, 7) is -0.864. The SMILES string of the molecule is CCOP(=O)(Cl)COC. The van der Waals surface area contributed by atoms with Gasteiger partial charge in [-0.2, -0.15) is 0 Å². The number of hydrogen-bond donors (Lipinski definition) is 0. The zero-order chi connectivity index (χ0) is 7.33. The molecule has 3 nitrogen and oxygen atoms in total. The summed E-state index contributed by atoms with van der Waals surface area (Å²) >= 11 is 5.34. The normalized spacial score (nSPS) is 17.2. The number of ether oxygens (including phenoxy) is 1. The van der Waals surface area contributed by atoms with Crippen molar-refractivity contribution < 1.29 is 13.8 Å². The van der Waals surface area contributed by atoms with Gasteiger partial charge in [0.1, 0.15) is 6.35 Å². The van der Waals surface area contributed by atoms with Gasteiger partial charge in [0, 0.05) is 7.11 Å². The van der Waals surface area contributed by atoms with Crippen LogP contribution in [-0.4, -0.2) is 20.1 Å². The van der Waals surface area contributed by atoms with Crippen LogP contribution in [0.4, 0.5) is 0 Å². The lowest BCUT2D eigenvalue weighted by Crippen LogP contribution is -1.90. The van der Waals surface area contributed by atoms with E-state index in [0.29, 0.717) is 6.61 Å². The van der Waals surface area contributed by atoms with Gasteiger partial charge in [0.25, 0.3) is 0 Å². The first-order chi connectivity index (χ1) is 4.12. The first kappa shape index (κ1) is 9.44. The summed E-state index contributed by atoms with van der Waals surface area (Å²) in [6.07, 6.45) is -0.0254. The average Bonchev–Trinajstić information content (AvgIpc) is 1.64. The van der Waals surface area contributed by atoms with E-state index in [-0.39, 0.29) is 6.35 Å². The lowest BCUT2D eigenvalue weighted by Gasteiger charge is -2.06. The van der Waals surface area contributed by atoms with Crippen molar-refractivity contribution in [3.63, 3.8) is 0 Å². The van der Waals surface area contributed by atoms with Crippen LogP contribution in [0.5, 0.6) is 0 Å². The monoisotopic (exact) mass is 172 g/mol. The molecule has 0 N–H and O–H groups in total. The van der Waals surface area contributed by atoms with Crippen molar-refractivity contribution in [2.45, 2.75) is 6.92 Å². The van der Waals surface area contributed by atoms with Gasteiger partial charge in [0.2, 0.25) is 0 Å². The molecule has 0 fully saturated rings. The molecule has 0 bridgehead atoms. The third-order valence-electron chi connectivity index (χ3n) is 0.605. The van der Waals surface area contributed by atoms with Crippen molar-refractivity contribution >= 4 is 18.0 Å². The van der Waals surface area contributed by atoms with Crippen LogP contribution in [0.1, 0.15) is 6.92 Å². The third kappa shape index (κ3) is 4.91. The molecule has 0 saturated carbocycles. The van der Waals surface area contributed by atoms with Crippen LogP contribution in [-0.2, 0) is 13.8 Å². The highest BCUT2D eigenvalue weighted by atomic mass is 35.7. The van der Waals surface area contributed by atoms with E-state index in [4.69, 9.17) is 11.2 Å². The molecular formula is C4H10ClO3P. The molecule has 0 spiro atoms. The van der Waals surface area contributed by atoms with E-state index >= 15 is 0 Å². The summed E-state index contributed by atoms with van der Waals surface area (Å²) in [7, 11) is 1.42. The fraction of sp³-hybridized carbons (Fsp3) is 1.00. The summed E-state index contributed by atoms with van der Waals surface area (Å²) in [4.78, 5) is 0. The van der Waals surface area contributed by atoms with Crippen LogP contribution in [0, 0.1) is 0 Å². The van der Waals surface area contributed by atoms with Crippen molar-refractivity contribution in [2.75, 3.05) is 20.1 Å². The number of halogens is 1. The Morgan fingerprint density at radius 2 is 2.22 bits per heavy atom. The molecule has 0 aliphatic carbocycles. The standard InChI is InChI=1S/C4H10ClO3P/c1-3-8-9(5,6)4-7-2/h3-4H2,1-2H3. The molecule has 1 atom stereocenters. The van der Waals surface area contributed by atoms with Gasteiger partial charge in [-0.25, -0.2) is 0 Å². The quantitative estimate of drug-likeness (QED) is 0.609. The van der Waals surface area contributed by atoms with Gasteiger partial charge < -0.3 is 9.26 Å². The molecule has 0 aliphatic rings. The minimum atomic E-state index is -2.94. The van der Waals surface area contributed by atoms with Gasteiger partial charge in [-0.15, -0.1) is 0 Å². The van der Waals surface area contributed by atoms with Crippen LogP contribution in [0.15, 0.2) is 0 Å². The van der Waals surface area contributed by atoms with E-state index in [9.17, 15) is 4.57 Å². The van der Waals surface area contributed by atoms with Crippen molar-refractivity contribution in [2.24, 2.45) is 0 Å². The maximum absolute atomic E-state index is 10.8. The highest BCUT2D eigenvalue weighted by molar-refractivity contribution is 7.85. The fourth-order valence-corrected chi connectivity index (χ4v) is 1.74. The van der Waals surface area contributed by atoms with Crippen molar-refractivity contribution in [3.05, 3.63) is 0 Å². The molecule has 0 aromatic carbocycles. The topological polar surface area (TPSA) is 35.5 Å². The maximum atomic E-state index is 10.8. The molecule has 0 radical (unpaired) electrons. The molecule has 0 saturated heterocycles. The Bertz CT molecular complexity index is 106. The van der Waals surface area contributed by atoms with E-state index in [0.717, 1.165) is 0 Å². The summed E-state index contributed by atoms with van der Waals surface area (Å²) < 4.78 is 20.0. The van der Waals surface area contributed by atoms with Gasteiger partial charge in [0.05, 0.1) is 6.61 Å². The largest absolute Gasteiger partial charge is 0.373 e. The summed E-state index contributed by atoms with van der Waals surface area (Å²) in [5, 5.41) is 0. The van der Waals surface area contributed by atoms with E-state index in [1.807, 2.05) is 0 Å². The molecule has 0 amide bonds. The van der Waals surface area contributed by atoms with E-state index < -0.39 is 6.72 Å². The second-order valence-electron chi connectivity index (χ2n) is 1.43. The Morgan fingerprint density at radius 1 is 1.67 bits per heavy atom. The summed E-state index contributed by atoms with van der Waals surface area (Å²) in [6, 6.07) is 0. The molecule has 0 rings (SSSR count). The molecule has 5 heteroatoms. The predicted molar refractivity (Wildman–Crippen MR) is 37.0 cm³/mol. The van der Waals surface area contributed by atoms with Crippen molar-refractivity contribution in [1.82, 2.24) is 0 Å². The average molecular weight is 173 g/mol. The second kappa shape index (κ2) is 4.29. The van der Waals surface area contributed by atoms with Crippen LogP contribution in [0.25, 0.3) is 0 Å². The first-order valence-corrected chi connectivity index (χ1v) is 5.26. The summed E-state index contributed by atoms with van der Waals surface area (Å²) in [5.74, 6) is 0. The molecular weight excluding hydrogens is 162 g/mol. The number of hydrogen-bond acceptors (Lipinski definition) is 3. The van der Waals surface area contributed by atoms with Gasteiger partial charge >= 0.3 is 6.72 Å². The Hall–Kier alpha value is 0.440. The van der Waals surface area contributed by atoms with Gasteiger partial charge in [-0.05, 0) is 18.2 Å². The Labute approximate surface area is 59.5 Å². The Kier molecular flexibility index (Phi) is 4.50. The van der Waals surface area contributed by atoms with Gasteiger partial charge in [0.15, 0.2) is 0 Å². The smallest absolute Gasteiger partial charge is 0.315 e. The van der Waals surface area contributed by atoms with E-state index in [1.54, 1.807) is 6.92 Å². The van der Waals surface area contributed by atoms with Crippen LogP contribution in [0.3, 0.4) is 0 Å². The maximum Gasteiger partial charge on any atom is 0.315 e. The number of methoxy groups -OCH3 is 1. The lowest BCUT2D eigenvalue weighted by molar-refractivity contribution is 0.228. The minimum absolute atomic E-state index is 0.0254.